The monoisotopic (exact) mass is 301 g/mol. The van der Waals surface area contributed by atoms with Crippen molar-refractivity contribution in [2.75, 3.05) is 39.8 Å². The standard InChI is InChI=1S/C16H19N3O3/c1-18(11-15(20)19-8-6-17-7-9-19)16(21)14-10-12-4-2-3-5-13(12)22-14/h2-5,10,17H,6-9,11H2,1H3. The van der Waals surface area contributed by atoms with E-state index in [4.69, 9.17) is 4.42 Å². The van der Waals surface area contributed by atoms with Crippen LogP contribution in [0.5, 0.6) is 0 Å². The summed E-state index contributed by atoms with van der Waals surface area (Å²) < 4.78 is 5.55. The number of benzene rings is 1. The molecular weight excluding hydrogens is 282 g/mol. The van der Waals surface area contributed by atoms with E-state index in [1.165, 1.54) is 4.90 Å². The third kappa shape index (κ3) is 2.96. The van der Waals surface area contributed by atoms with Crippen molar-refractivity contribution >= 4 is 22.8 Å². The van der Waals surface area contributed by atoms with Crippen LogP contribution in [0, 0.1) is 0 Å². The maximum Gasteiger partial charge on any atom is 0.289 e. The molecule has 1 aromatic carbocycles. The Morgan fingerprint density at radius 1 is 1.27 bits per heavy atom. The summed E-state index contributed by atoms with van der Waals surface area (Å²) in [5.74, 6) is -0.0510. The number of hydrogen-bond acceptors (Lipinski definition) is 4. The van der Waals surface area contributed by atoms with Gasteiger partial charge in [-0.2, -0.15) is 0 Å². The van der Waals surface area contributed by atoms with E-state index < -0.39 is 0 Å². The molecule has 1 saturated heterocycles. The van der Waals surface area contributed by atoms with E-state index in [0.717, 1.165) is 18.5 Å². The molecule has 116 valence electrons. The van der Waals surface area contributed by atoms with E-state index in [2.05, 4.69) is 5.32 Å². The summed E-state index contributed by atoms with van der Waals surface area (Å²) in [6.45, 7) is 3.03. The first kappa shape index (κ1) is 14.6. The zero-order valence-electron chi connectivity index (χ0n) is 12.5. The lowest BCUT2D eigenvalue weighted by Gasteiger charge is -2.29. The Bertz CT molecular complexity index is 656. The Morgan fingerprint density at radius 2 is 2.00 bits per heavy atom. The van der Waals surface area contributed by atoms with Gasteiger partial charge in [-0.05, 0) is 12.1 Å². The lowest BCUT2D eigenvalue weighted by atomic mass is 10.2. The smallest absolute Gasteiger partial charge is 0.289 e. The number of nitrogens with zero attached hydrogens (tertiary/aromatic N) is 2. The number of piperazine rings is 1. The first-order valence-corrected chi connectivity index (χ1v) is 7.37. The molecule has 6 nitrogen and oxygen atoms in total. The minimum absolute atomic E-state index is 0.0338. The van der Waals surface area contributed by atoms with Gasteiger partial charge in [-0.1, -0.05) is 18.2 Å². The van der Waals surface area contributed by atoms with Gasteiger partial charge >= 0.3 is 0 Å². The SMILES string of the molecule is CN(CC(=O)N1CCNCC1)C(=O)c1cc2ccccc2o1. The number of likely N-dealkylation sites (N-methyl/N-ethyl adjacent to an activating group) is 1. The van der Waals surface area contributed by atoms with Crippen molar-refractivity contribution in [2.45, 2.75) is 0 Å². The van der Waals surface area contributed by atoms with Gasteiger partial charge in [-0.25, -0.2) is 0 Å². The van der Waals surface area contributed by atoms with Gasteiger partial charge in [0.1, 0.15) is 5.58 Å². The van der Waals surface area contributed by atoms with Crippen molar-refractivity contribution < 1.29 is 14.0 Å². The predicted molar refractivity (Wildman–Crippen MR) is 82.6 cm³/mol. The fourth-order valence-corrected chi connectivity index (χ4v) is 2.56. The summed E-state index contributed by atoms with van der Waals surface area (Å²) in [5, 5.41) is 4.08. The van der Waals surface area contributed by atoms with Gasteiger partial charge in [0.05, 0.1) is 6.54 Å². The zero-order valence-corrected chi connectivity index (χ0v) is 12.5. The Hall–Kier alpha value is -2.34. The molecule has 1 aliphatic heterocycles. The van der Waals surface area contributed by atoms with Crippen LogP contribution in [0.3, 0.4) is 0 Å². The Kier molecular flexibility index (Phi) is 4.11. The Balaban J connectivity index is 1.67. The number of carbonyl (C=O) groups is 2. The van der Waals surface area contributed by atoms with Crippen LogP contribution >= 0.6 is 0 Å². The van der Waals surface area contributed by atoms with Gasteiger partial charge in [0.15, 0.2) is 5.76 Å². The molecule has 0 aliphatic carbocycles. The highest BCUT2D eigenvalue weighted by atomic mass is 16.3. The molecule has 1 aliphatic rings. The molecule has 0 spiro atoms. The fourth-order valence-electron chi connectivity index (χ4n) is 2.56. The third-order valence-corrected chi connectivity index (χ3v) is 3.83. The molecule has 22 heavy (non-hydrogen) atoms. The number of rotatable bonds is 3. The van der Waals surface area contributed by atoms with Crippen molar-refractivity contribution in [3.8, 4) is 0 Å². The van der Waals surface area contributed by atoms with E-state index in [9.17, 15) is 9.59 Å². The molecule has 0 atom stereocenters. The summed E-state index contributed by atoms with van der Waals surface area (Å²) in [4.78, 5) is 27.8. The van der Waals surface area contributed by atoms with Crippen molar-refractivity contribution in [1.82, 2.24) is 15.1 Å². The lowest BCUT2D eigenvalue weighted by molar-refractivity contribution is -0.132. The van der Waals surface area contributed by atoms with Crippen molar-refractivity contribution in [1.29, 1.82) is 0 Å². The molecule has 0 bridgehead atoms. The fraction of sp³-hybridized carbons (Fsp3) is 0.375. The van der Waals surface area contributed by atoms with Crippen LogP contribution in [0.4, 0.5) is 0 Å². The number of furan rings is 1. The molecular formula is C16H19N3O3. The first-order valence-electron chi connectivity index (χ1n) is 7.37. The Morgan fingerprint density at radius 3 is 2.73 bits per heavy atom. The molecule has 1 N–H and O–H groups in total. The summed E-state index contributed by atoms with van der Waals surface area (Å²) in [6.07, 6.45) is 0. The van der Waals surface area contributed by atoms with Crippen LogP contribution in [-0.2, 0) is 4.79 Å². The van der Waals surface area contributed by atoms with E-state index in [-0.39, 0.29) is 24.1 Å². The molecule has 3 rings (SSSR count). The van der Waals surface area contributed by atoms with Gasteiger partial charge in [0.2, 0.25) is 5.91 Å². The maximum atomic E-state index is 12.4. The highest BCUT2D eigenvalue weighted by Crippen LogP contribution is 2.19. The molecule has 0 saturated carbocycles. The Labute approximate surface area is 128 Å². The second-order valence-corrected chi connectivity index (χ2v) is 5.44. The molecule has 1 fully saturated rings. The molecule has 6 heteroatoms. The van der Waals surface area contributed by atoms with Gasteiger partial charge in [0, 0.05) is 38.6 Å². The molecule has 0 radical (unpaired) electrons. The minimum Gasteiger partial charge on any atom is -0.451 e. The molecule has 2 heterocycles. The average molecular weight is 301 g/mol. The van der Waals surface area contributed by atoms with Crippen LogP contribution in [0.2, 0.25) is 0 Å². The van der Waals surface area contributed by atoms with Crippen LogP contribution in [0.25, 0.3) is 11.0 Å². The van der Waals surface area contributed by atoms with Gasteiger partial charge in [-0.3, -0.25) is 9.59 Å². The van der Waals surface area contributed by atoms with Crippen LogP contribution in [-0.4, -0.2) is 61.4 Å². The molecule has 1 aromatic heterocycles. The van der Waals surface area contributed by atoms with Crippen molar-refractivity contribution in [3.63, 3.8) is 0 Å². The molecule has 2 aromatic rings. The van der Waals surface area contributed by atoms with E-state index in [0.29, 0.717) is 18.7 Å². The zero-order chi connectivity index (χ0) is 15.5. The second kappa shape index (κ2) is 6.19. The number of fused-ring (bicyclic) bond motifs is 1. The number of para-hydroxylation sites is 1. The number of nitrogens with one attached hydrogen (secondary N) is 1. The third-order valence-electron chi connectivity index (χ3n) is 3.83. The van der Waals surface area contributed by atoms with E-state index in [1.807, 2.05) is 24.3 Å². The summed E-state index contributed by atoms with van der Waals surface area (Å²) in [7, 11) is 1.62. The first-order chi connectivity index (χ1) is 10.6. The quantitative estimate of drug-likeness (QED) is 0.916. The van der Waals surface area contributed by atoms with Crippen molar-refractivity contribution in [3.05, 3.63) is 36.1 Å². The van der Waals surface area contributed by atoms with Crippen LogP contribution < -0.4 is 5.32 Å². The summed E-state index contributed by atoms with van der Waals surface area (Å²) in [6, 6.07) is 9.17. The van der Waals surface area contributed by atoms with E-state index in [1.54, 1.807) is 18.0 Å². The number of amides is 2. The van der Waals surface area contributed by atoms with Crippen molar-refractivity contribution in [2.24, 2.45) is 0 Å². The highest BCUT2D eigenvalue weighted by molar-refractivity contribution is 5.97. The highest BCUT2D eigenvalue weighted by Gasteiger charge is 2.22. The summed E-state index contributed by atoms with van der Waals surface area (Å²) in [5.41, 5.74) is 0.674. The maximum absolute atomic E-state index is 12.4. The van der Waals surface area contributed by atoms with Crippen LogP contribution in [0.1, 0.15) is 10.6 Å². The number of carbonyl (C=O) groups excluding carboxylic acids is 2. The number of hydrogen-bond donors (Lipinski definition) is 1. The largest absolute Gasteiger partial charge is 0.451 e. The van der Waals surface area contributed by atoms with E-state index >= 15 is 0 Å². The van der Waals surface area contributed by atoms with Crippen LogP contribution in [0.15, 0.2) is 34.7 Å². The second-order valence-electron chi connectivity index (χ2n) is 5.44. The van der Waals surface area contributed by atoms with Gasteiger partial charge < -0.3 is 19.5 Å². The normalized spacial score (nSPS) is 15.0. The summed E-state index contributed by atoms with van der Waals surface area (Å²) >= 11 is 0. The van der Waals surface area contributed by atoms with Gasteiger partial charge in [0.25, 0.3) is 5.91 Å². The lowest BCUT2D eigenvalue weighted by Crippen LogP contribution is -2.49. The van der Waals surface area contributed by atoms with Gasteiger partial charge in [-0.15, -0.1) is 0 Å². The molecule has 0 unspecified atom stereocenters. The minimum atomic E-state index is -0.278. The predicted octanol–water partition coefficient (Wildman–Crippen LogP) is 0.937. The molecule has 2 amide bonds. The topological polar surface area (TPSA) is 65.8 Å². The average Bonchev–Trinajstić information content (AvgIpc) is 2.98.